The second-order valence-corrected chi connectivity index (χ2v) is 6.15. The van der Waals surface area contributed by atoms with Crippen LogP contribution in [0.25, 0.3) is 10.9 Å². The van der Waals surface area contributed by atoms with E-state index in [1.165, 1.54) is 24.3 Å². The maximum absolute atomic E-state index is 13.5. The number of hydrogen-bond donors (Lipinski definition) is 1. The van der Waals surface area contributed by atoms with Gasteiger partial charge in [0, 0.05) is 5.39 Å². The second kappa shape index (κ2) is 7.28. The van der Waals surface area contributed by atoms with E-state index in [4.69, 9.17) is 0 Å². The number of carbonyl (C=O) groups excluding carboxylic acids is 1. The van der Waals surface area contributed by atoms with Gasteiger partial charge in [-0.3, -0.25) is 4.79 Å². The molecule has 0 saturated carbocycles. The molecule has 1 amide bonds. The Morgan fingerprint density at radius 1 is 1.04 bits per heavy atom. The summed E-state index contributed by atoms with van der Waals surface area (Å²) in [5, 5.41) is 2.81. The zero-order valence-corrected chi connectivity index (χ0v) is 13.9. The Hall–Kier alpha value is -2.68. The number of alkyl halides is 3. The lowest BCUT2D eigenvalue weighted by molar-refractivity contribution is -0.145. The van der Waals surface area contributed by atoms with E-state index >= 15 is 0 Å². The van der Waals surface area contributed by atoms with Gasteiger partial charge < -0.3 is 5.32 Å². The van der Waals surface area contributed by atoms with Gasteiger partial charge in [-0.25, -0.2) is 14.4 Å². The number of halogens is 4. The van der Waals surface area contributed by atoms with Crippen LogP contribution in [0.1, 0.15) is 5.82 Å². The highest BCUT2D eigenvalue weighted by Crippen LogP contribution is 2.32. The molecule has 0 saturated heterocycles. The SMILES string of the molecule is O=C(CSc1nc(C(F)(F)F)nc2ccccc12)Nc1ccccc1F. The molecule has 0 unspecified atom stereocenters. The van der Waals surface area contributed by atoms with Gasteiger partial charge in [0.2, 0.25) is 11.7 Å². The van der Waals surface area contributed by atoms with Crippen LogP contribution in [0.2, 0.25) is 0 Å². The van der Waals surface area contributed by atoms with E-state index in [9.17, 15) is 22.4 Å². The van der Waals surface area contributed by atoms with Crippen molar-refractivity contribution in [1.82, 2.24) is 9.97 Å². The lowest BCUT2D eigenvalue weighted by atomic mass is 10.2. The van der Waals surface area contributed by atoms with Crippen LogP contribution < -0.4 is 5.32 Å². The summed E-state index contributed by atoms with van der Waals surface area (Å²) in [5.41, 5.74) is 0.133. The molecule has 0 radical (unpaired) electrons. The molecule has 0 spiro atoms. The predicted molar refractivity (Wildman–Crippen MR) is 90.3 cm³/mol. The molecular weight excluding hydrogens is 370 g/mol. The third-order valence-electron chi connectivity index (χ3n) is 3.31. The molecule has 9 heteroatoms. The third kappa shape index (κ3) is 4.10. The number of anilines is 1. The molecule has 0 atom stereocenters. The first-order valence-corrected chi connectivity index (χ1v) is 8.34. The van der Waals surface area contributed by atoms with E-state index in [-0.39, 0.29) is 22.0 Å². The summed E-state index contributed by atoms with van der Waals surface area (Å²) in [5.74, 6) is -2.66. The Morgan fingerprint density at radius 3 is 2.46 bits per heavy atom. The molecule has 2 aromatic carbocycles. The molecule has 134 valence electrons. The van der Waals surface area contributed by atoms with Crippen LogP contribution in [0.3, 0.4) is 0 Å². The fourth-order valence-electron chi connectivity index (χ4n) is 2.17. The topological polar surface area (TPSA) is 54.9 Å². The van der Waals surface area contributed by atoms with Crippen molar-refractivity contribution in [2.45, 2.75) is 11.2 Å². The summed E-state index contributed by atoms with van der Waals surface area (Å²) in [6.45, 7) is 0. The number of nitrogens with one attached hydrogen (secondary N) is 1. The van der Waals surface area contributed by atoms with Crippen molar-refractivity contribution in [3.63, 3.8) is 0 Å². The van der Waals surface area contributed by atoms with Crippen LogP contribution in [0, 0.1) is 5.82 Å². The van der Waals surface area contributed by atoms with Gasteiger partial charge in [0.05, 0.1) is 17.0 Å². The molecule has 3 aromatic rings. The van der Waals surface area contributed by atoms with E-state index in [1.54, 1.807) is 24.3 Å². The summed E-state index contributed by atoms with van der Waals surface area (Å²) >= 11 is 0.828. The van der Waals surface area contributed by atoms with Crippen LogP contribution in [-0.4, -0.2) is 21.6 Å². The van der Waals surface area contributed by atoms with Gasteiger partial charge >= 0.3 is 6.18 Å². The Balaban J connectivity index is 1.82. The van der Waals surface area contributed by atoms with Gasteiger partial charge in [0.15, 0.2) is 0 Å². The van der Waals surface area contributed by atoms with Crippen LogP contribution in [0.5, 0.6) is 0 Å². The molecule has 0 aliphatic carbocycles. The van der Waals surface area contributed by atoms with Crippen molar-refractivity contribution in [2.24, 2.45) is 0 Å². The number of aromatic nitrogens is 2. The number of carbonyl (C=O) groups is 1. The summed E-state index contributed by atoms with van der Waals surface area (Å²) in [6.07, 6.45) is -4.70. The molecule has 0 fully saturated rings. The fraction of sp³-hybridized carbons (Fsp3) is 0.118. The van der Waals surface area contributed by atoms with Gasteiger partial charge in [-0.15, -0.1) is 0 Å². The minimum absolute atomic E-state index is 0.00151. The highest BCUT2D eigenvalue weighted by molar-refractivity contribution is 8.00. The van der Waals surface area contributed by atoms with E-state index in [2.05, 4.69) is 15.3 Å². The Kier molecular flexibility index (Phi) is 5.08. The monoisotopic (exact) mass is 381 g/mol. The number of hydrogen-bond acceptors (Lipinski definition) is 4. The second-order valence-electron chi connectivity index (χ2n) is 5.18. The number of nitrogens with zero attached hydrogens (tertiary/aromatic N) is 2. The van der Waals surface area contributed by atoms with E-state index in [0.717, 1.165) is 11.8 Å². The van der Waals surface area contributed by atoms with Gasteiger partial charge in [-0.1, -0.05) is 42.1 Å². The lowest BCUT2D eigenvalue weighted by Crippen LogP contribution is -2.16. The minimum Gasteiger partial charge on any atom is -0.323 e. The first-order chi connectivity index (χ1) is 12.3. The number of amides is 1. The predicted octanol–water partition coefficient (Wildman–Crippen LogP) is 4.52. The quantitative estimate of drug-likeness (QED) is 0.410. The van der Waals surface area contributed by atoms with Crippen molar-refractivity contribution >= 4 is 34.3 Å². The molecule has 3 rings (SSSR count). The first-order valence-electron chi connectivity index (χ1n) is 7.36. The van der Waals surface area contributed by atoms with E-state index in [1.807, 2.05) is 0 Å². The van der Waals surface area contributed by atoms with Crippen LogP contribution in [-0.2, 0) is 11.0 Å². The van der Waals surface area contributed by atoms with Crippen LogP contribution in [0.15, 0.2) is 53.6 Å². The van der Waals surface area contributed by atoms with Gasteiger partial charge in [-0.2, -0.15) is 13.2 Å². The van der Waals surface area contributed by atoms with Gasteiger partial charge in [0.25, 0.3) is 0 Å². The summed E-state index contributed by atoms with van der Waals surface area (Å²) in [6, 6.07) is 11.8. The van der Waals surface area contributed by atoms with Gasteiger partial charge in [-0.05, 0) is 18.2 Å². The highest BCUT2D eigenvalue weighted by atomic mass is 32.2. The van der Waals surface area contributed by atoms with E-state index in [0.29, 0.717) is 5.39 Å². The molecular formula is C17H11F4N3OS. The van der Waals surface area contributed by atoms with Crippen molar-refractivity contribution in [3.05, 3.63) is 60.2 Å². The van der Waals surface area contributed by atoms with Crippen molar-refractivity contribution in [3.8, 4) is 0 Å². The normalized spacial score (nSPS) is 11.5. The van der Waals surface area contributed by atoms with Crippen LogP contribution >= 0.6 is 11.8 Å². The number of thioether (sulfide) groups is 1. The Bertz CT molecular complexity index is 962. The summed E-state index contributed by atoms with van der Waals surface area (Å²) < 4.78 is 52.5. The van der Waals surface area contributed by atoms with Crippen molar-refractivity contribution in [1.29, 1.82) is 0 Å². The molecule has 4 nitrogen and oxygen atoms in total. The lowest BCUT2D eigenvalue weighted by Gasteiger charge is -2.10. The Labute approximate surface area is 149 Å². The van der Waals surface area contributed by atoms with E-state index < -0.39 is 23.7 Å². The smallest absolute Gasteiger partial charge is 0.323 e. The molecule has 26 heavy (non-hydrogen) atoms. The number of rotatable bonds is 4. The molecule has 0 bridgehead atoms. The zero-order chi connectivity index (χ0) is 18.7. The van der Waals surface area contributed by atoms with Crippen molar-refractivity contribution in [2.75, 3.05) is 11.1 Å². The first kappa shape index (κ1) is 18.1. The zero-order valence-electron chi connectivity index (χ0n) is 13.0. The standard InChI is InChI=1S/C17H11F4N3OS/c18-11-6-2-4-8-13(11)22-14(25)9-26-15-10-5-1-3-7-12(10)23-16(24-15)17(19,20)21/h1-8H,9H2,(H,22,25). The van der Waals surface area contributed by atoms with Crippen LogP contribution in [0.4, 0.5) is 23.2 Å². The molecule has 1 N–H and O–H groups in total. The third-order valence-corrected chi connectivity index (χ3v) is 4.30. The number of benzene rings is 2. The maximum atomic E-state index is 13.5. The van der Waals surface area contributed by atoms with Gasteiger partial charge in [0.1, 0.15) is 10.8 Å². The number of para-hydroxylation sites is 2. The highest BCUT2D eigenvalue weighted by Gasteiger charge is 2.35. The number of fused-ring (bicyclic) bond motifs is 1. The minimum atomic E-state index is -4.70. The maximum Gasteiger partial charge on any atom is 0.451 e. The average molecular weight is 381 g/mol. The summed E-state index contributed by atoms with van der Waals surface area (Å²) in [7, 11) is 0. The average Bonchev–Trinajstić information content (AvgIpc) is 2.60. The Morgan fingerprint density at radius 2 is 1.73 bits per heavy atom. The largest absolute Gasteiger partial charge is 0.451 e. The molecule has 0 aliphatic heterocycles. The molecule has 1 heterocycles. The fourth-order valence-corrected chi connectivity index (χ4v) is 2.99. The molecule has 1 aromatic heterocycles. The molecule has 0 aliphatic rings. The van der Waals surface area contributed by atoms with Crippen molar-refractivity contribution < 1.29 is 22.4 Å². The summed E-state index contributed by atoms with van der Waals surface area (Å²) in [4.78, 5) is 19.0.